The molecule has 1 atom stereocenters. The zero-order valence-corrected chi connectivity index (χ0v) is 8.26. The van der Waals surface area contributed by atoms with Crippen LogP contribution < -0.4 is 4.74 Å². The lowest BCUT2D eigenvalue weighted by Crippen LogP contribution is -2.06. The average molecular weight is 184 g/mol. The maximum absolute atomic E-state index is 5.46. The molecule has 66 valence electrons. The summed E-state index contributed by atoms with van der Waals surface area (Å²) in [6.45, 7) is 3.84. The van der Waals surface area contributed by atoms with Gasteiger partial charge >= 0.3 is 0 Å². The van der Waals surface area contributed by atoms with E-state index in [-0.39, 0.29) is 5.44 Å². The van der Waals surface area contributed by atoms with Gasteiger partial charge in [-0.15, -0.1) is 11.8 Å². The van der Waals surface area contributed by atoms with Gasteiger partial charge in [0.2, 0.25) is 0 Å². The molecular weight excluding hydrogens is 172 g/mol. The summed E-state index contributed by atoms with van der Waals surface area (Å²) >= 11 is 1.65. The summed E-state index contributed by atoms with van der Waals surface area (Å²) in [5.74, 6) is 1.49. The van der Waals surface area contributed by atoms with Crippen molar-refractivity contribution in [2.24, 2.45) is 0 Å². The third-order valence-electron chi connectivity index (χ3n) is 1.39. The van der Waals surface area contributed by atoms with Gasteiger partial charge in [-0.1, -0.05) is 0 Å². The van der Waals surface area contributed by atoms with E-state index < -0.39 is 0 Å². The minimum Gasteiger partial charge on any atom is -0.477 e. The predicted octanol–water partition coefficient (Wildman–Crippen LogP) is 1.87. The highest BCUT2D eigenvalue weighted by Gasteiger charge is 2.00. The first-order valence-corrected chi connectivity index (χ1v) is 4.99. The molecule has 4 heteroatoms. The fourth-order valence-corrected chi connectivity index (χ4v) is 0.889. The smallest absolute Gasteiger partial charge is 0.157 e. The van der Waals surface area contributed by atoms with Gasteiger partial charge in [-0.2, -0.15) is 0 Å². The Hall–Kier alpha value is -0.770. The normalized spacial score (nSPS) is 12.6. The van der Waals surface area contributed by atoms with E-state index in [1.807, 2.05) is 20.1 Å². The Kier molecular flexibility index (Phi) is 3.34. The van der Waals surface area contributed by atoms with Crippen LogP contribution in [0.1, 0.15) is 12.7 Å². The Bertz CT molecular complexity index is 237. The molecule has 1 aromatic heterocycles. The van der Waals surface area contributed by atoms with Crippen LogP contribution in [0, 0.1) is 6.92 Å². The van der Waals surface area contributed by atoms with E-state index in [2.05, 4.69) is 9.97 Å². The standard InChI is InChI=1S/C8H12N2OS/c1-6-9-4-8(5-10-6)11-7(2)12-3/h4-5,7H,1-3H3. The van der Waals surface area contributed by atoms with Crippen molar-refractivity contribution in [2.45, 2.75) is 19.3 Å². The molecule has 1 aromatic rings. The summed E-state index contributed by atoms with van der Waals surface area (Å²) in [6.07, 6.45) is 5.38. The fraction of sp³-hybridized carbons (Fsp3) is 0.500. The number of aryl methyl sites for hydroxylation is 1. The van der Waals surface area contributed by atoms with Crippen LogP contribution in [0.3, 0.4) is 0 Å². The Balaban J connectivity index is 2.58. The van der Waals surface area contributed by atoms with Crippen LogP contribution in [0.4, 0.5) is 0 Å². The van der Waals surface area contributed by atoms with Crippen molar-refractivity contribution in [3.8, 4) is 5.75 Å². The highest BCUT2D eigenvalue weighted by molar-refractivity contribution is 7.99. The molecule has 1 heterocycles. The van der Waals surface area contributed by atoms with E-state index in [0.29, 0.717) is 0 Å². The van der Waals surface area contributed by atoms with Gasteiger partial charge in [-0.05, 0) is 20.1 Å². The van der Waals surface area contributed by atoms with Crippen LogP contribution in [0.5, 0.6) is 5.75 Å². The molecule has 0 radical (unpaired) electrons. The van der Waals surface area contributed by atoms with E-state index in [0.717, 1.165) is 11.6 Å². The molecule has 0 spiro atoms. The quantitative estimate of drug-likeness (QED) is 0.672. The highest BCUT2D eigenvalue weighted by atomic mass is 32.2. The summed E-state index contributed by atoms with van der Waals surface area (Å²) in [6, 6.07) is 0. The Morgan fingerprint density at radius 2 is 2.00 bits per heavy atom. The first-order valence-electron chi connectivity index (χ1n) is 3.70. The second kappa shape index (κ2) is 4.30. The number of nitrogens with zero attached hydrogens (tertiary/aromatic N) is 2. The number of thioether (sulfide) groups is 1. The van der Waals surface area contributed by atoms with Gasteiger partial charge in [0, 0.05) is 0 Å². The third-order valence-corrected chi connectivity index (χ3v) is 2.15. The van der Waals surface area contributed by atoms with Crippen molar-refractivity contribution in [1.82, 2.24) is 9.97 Å². The molecule has 0 saturated carbocycles. The molecule has 0 aliphatic heterocycles. The molecule has 0 aromatic carbocycles. The molecule has 1 rings (SSSR count). The fourth-order valence-electron chi connectivity index (χ4n) is 0.681. The summed E-state index contributed by atoms with van der Waals surface area (Å²) in [7, 11) is 0. The lowest BCUT2D eigenvalue weighted by molar-refractivity contribution is 0.305. The molecule has 0 amide bonds. The van der Waals surface area contributed by atoms with E-state index >= 15 is 0 Å². The van der Waals surface area contributed by atoms with E-state index in [1.54, 1.807) is 24.2 Å². The van der Waals surface area contributed by atoms with Crippen molar-refractivity contribution < 1.29 is 4.74 Å². The number of hydrogen-bond acceptors (Lipinski definition) is 4. The first kappa shape index (κ1) is 9.32. The minimum absolute atomic E-state index is 0.149. The van der Waals surface area contributed by atoms with Gasteiger partial charge in [0.25, 0.3) is 0 Å². The maximum Gasteiger partial charge on any atom is 0.157 e. The molecule has 0 fully saturated rings. The van der Waals surface area contributed by atoms with Gasteiger partial charge < -0.3 is 4.74 Å². The van der Waals surface area contributed by atoms with Gasteiger partial charge in [0.1, 0.15) is 11.3 Å². The van der Waals surface area contributed by atoms with Crippen LogP contribution in [0.15, 0.2) is 12.4 Å². The third kappa shape index (κ3) is 2.70. The zero-order valence-electron chi connectivity index (χ0n) is 7.44. The Morgan fingerprint density at radius 3 is 2.50 bits per heavy atom. The maximum atomic E-state index is 5.46. The van der Waals surface area contributed by atoms with Crippen molar-refractivity contribution >= 4 is 11.8 Å². The molecule has 0 N–H and O–H groups in total. The van der Waals surface area contributed by atoms with E-state index in [1.165, 1.54) is 0 Å². The molecule has 12 heavy (non-hydrogen) atoms. The summed E-state index contributed by atoms with van der Waals surface area (Å²) in [5, 5.41) is 0. The molecule has 0 aliphatic carbocycles. The molecule has 0 aliphatic rings. The number of hydrogen-bond donors (Lipinski definition) is 0. The predicted molar refractivity (Wildman–Crippen MR) is 50.4 cm³/mol. The lowest BCUT2D eigenvalue weighted by atomic mass is 10.5. The second-order valence-corrected chi connectivity index (χ2v) is 3.52. The first-order chi connectivity index (χ1) is 5.72. The van der Waals surface area contributed by atoms with Gasteiger partial charge in [-0.3, -0.25) is 0 Å². The monoisotopic (exact) mass is 184 g/mol. The van der Waals surface area contributed by atoms with Crippen LogP contribution in [-0.2, 0) is 0 Å². The molecule has 3 nitrogen and oxygen atoms in total. The van der Waals surface area contributed by atoms with E-state index in [4.69, 9.17) is 4.74 Å². The SMILES string of the molecule is CSC(C)Oc1cnc(C)nc1. The highest BCUT2D eigenvalue weighted by Crippen LogP contribution is 2.13. The number of rotatable bonds is 3. The minimum atomic E-state index is 0.149. The topological polar surface area (TPSA) is 35.0 Å². The van der Waals surface area contributed by atoms with Gasteiger partial charge in [0.15, 0.2) is 5.75 Å². The Morgan fingerprint density at radius 1 is 1.42 bits per heavy atom. The largest absolute Gasteiger partial charge is 0.477 e. The van der Waals surface area contributed by atoms with Crippen molar-refractivity contribution in [3.05, 3.63) is 18.2 Å². The molecular formula is C8H12N2OS. The molecule has 1 unspecified atom stereocenters. The number of aromatic nitrogens is 2. The van der Waals surface area contributed by atoms with Crippen LogP contribution in [0.2, 0.25) is 0 Å². The lowest BCUT2D eigenvalue weighted by Gasteiger charge is -2.10. The van der Waals surface area contributed by atoms with Gasteiger partial charge in [0.05, 0.1) is 12.4 Å². The molecule has 0 saturated heterocycles. The van der Waals surface area contributed by atoms with Crippen molar-refractivity contribution in [2.75, 3.05) is 6.26 Å². The van der Waals surface area contributed by atoms with Crippen LogP contribution in [0.25, 0.3) is 0 Å². The summed E-state index contributed by atoms with van der Waals surface area (Å²) in [4.78, 5) is 8.04. The average Bonchev–Trinajstić information content (AvgIpc) is 2.09. The van der Waals surface area contributed by atoms with Crippen molar-refractivity contribution in [1.29, 1.82) is 0 Å². The zero-order chi connectivity index (χ0) is 8.97. The van der Waals surface area contributed by atoms with Crippen LogP contribution in [-0.4, -0.2) is 21.7 Å². The molecule has 0 bridgehead atoms. The summed E-state index contributed by atoms with van der Waals surface area (Å²) in [5.41, 5.74) is 0.149. The van der Waals surface area contributed by atoms with Crippen molar-refractivity contribution in [3.63, 3.8) is 0 Å². The summed E-state index contributed by atoms with van der Waals surface area (Å²) < 4.78 is 5.46. The second-order valence-electron chi connectivity index (χ2n) is 2.39. The van der Waals surface area contributed by atoms with Crippen LogP contribution >= 0.6 is 11.8 Å². The number of ether oxygens (including phenoxy) is 1. The van der Waals surface area contributed by atoms with E-state index in [9.17, 15) is 0 Å². The van der Waals surface area contributed by atoms with Gasteiger partial charge in [-0.25, -0.2) is 9.97 Å². The Labute approximate surface area is 76.6 Å².